The average molecular weight is 259 g/mol. The second kappa shape index (κ2) is 4.58. The molecule has 16 heavy (non-hydrogen) atoms. The standard InChI is InChI=1S/C8H7ClN4O2S/c1-15-6-2-3-7(14)13(11-6)4-5-8(9)16-12-10-5/h2-3H,4H2,1H3. The topological polar surface area (TPSA) is 69.9 Å². The van der Waals surface area contributed by atoms with E-state index < -0.39 is 0 Å². The molecule has 2 aromatic heterocycles. The summed E-state index contributed by atoms with van der Waals surface area (Å²) in [7, 11) is 1.48. The normalized spacial score (nSPS) is 10.4. The lowest BCUT2D eigenvalue weighted by Crippen LogP contribution is -2.22. The number of halogens is 1. The molecule has 0 aliphatic rings. The molecular formula is C8H7ClN4O2S. The van der Waals surface area contributed by atoms with Gasteiger partial charge in [0.05, 0.1) is 13.7 Å². The van der Waals surface area contributed by atoms with Crippen LogP contribution in [0.5, 0.6) is 5.88 Å². The molecule has 2 aromatic rings. The van der Waals surface area contributed by atoms with Gasteiger partial charge in [-0.1, -0.05) is 16.1 Å². The predicted octanol–water partition coefficient (Wildman–Crippen LogP) is 0.805. The Bertz CT molecular complexity index is 553. The van der Waals surface area contributed by atoms with Crippen LogP contribution in [-0.2, 0) is 6.54 Å². The van der Waals surface area contributed by atoms with Gasteiger partial charge in [0.25, 0.3) is 5.56 Å². The molecule has 0 unspecified atom stereocenters. The van der Waals surface area contributed by atoms with Gasteiger partial charge in [0, 0.05) is 23.7 Å². The van der Waals surface area contributed by atoms with Crippen LogP contribution in [0.4, 0.5) is 0 Å². The minimum atomic E-state index is -0.245. The summed E-state index contributed by atoms with van der Waals surface area (Å²) in [5, 5.41) is 7.77. The monoisotopic (exact) mass is 258 g/mol. The first kappa shape index (κ1) is 11.0. The smallest absolute Gasteiger partial charge is 0.267 e. The zero-order chi connectivity index (χ0) is 11.5. The highest BCUT2D eigenvalue weighted by Gasteiger charge is 2.08. The van der Waals surface area contributed by atoms with E-state index in [9.17, 15) is 4.79 Å². The van der Waals surface area contributed by atoms with Crippen LogP contribution in [0.3, 0.4) is 0 Å². The van der Waals surface area contributed by atoms with Gasteiger partial charge >= 0.3 is 0 Å². The Labute approximate surface area is 99.6 Å². The van der Waals surface area contributed by atoms with Crippen LogP contribution >= 0.6 is 23.1 Å². The molecule has 0 amide bonds. The van der Waals surface area contributed by atoms with Crippen molar-refractivity contribution in [3.63, 3.8) is 0 Å². The molecule has 0 aliphatic heterocycles. The Balaban J connectivity index is 2.34. The molecule has 0 aliphatic carbocycles. The Morgan fingerprint density at radius 1 is 1.56 bits per heavy atom. The fraction of sp³-hybridized carbons (Fsp3) is 0.250. The quantitative estimate of drug-likeness (QED) is 0.815. The van der Waals surface area contributed by atoms with E-state index in [-0.39, 0.29) is 12.1 Å². The van der Waals surface area contributed by atoms with Crippen molar-refractivity contribution in [2.75, 3.05) is 7.11 Å². The molecule has 84 valence electrons. The van der Waals surface area contributed by atoms with Crippen molar-refractivity contribution in [3.8, 4) is 5.88 Å². The third-order valence-corrected chi connectivity index (χ3v) is 2.84. The molecule has 2 heterocycles. The second-order valence-electron chi connectivity index (χ2n) is 2.86. The molecule has 0 fully saturated rings. The van der Waals surface area contributed by atoms with Gasteiger partial charge < -0.3 is 4.74 Å². The highest BCUT2D eigenvalue weighted by molar-refractivity contribution is 7.10. The summed E-state index contributed by atoms with van der Waals surface area (Å²) >= 11 is 6.90. The Morgan fingerprint density at radius 3 is 3.00 bits per heavy atom. The SMILES string of the molecule is COc1ccc(=O)n(Cc2nnsc2Cl)n1. The molecule has 0 radical (unpaired) electrons. The van der Waals surface area contributed by atoms with Crippen molar-refractivity contribution in [1.29, 1.82) is 0 Å². The van der Waals surface area contributed by atoms with E-state index in [1.807, 2.05) is 0 Å². The van der Waals surface area contributed by atoms with Crippen LogP contribution in [0.25, 0.3) is 0 Å². The maximum Gasteiger partial charge on any atom is 0.267 e. The first-order valence-electron chi connectivity index (χ1n) is 4.29. The van der Waals surface area contributed by atoms with Gasteiger partial charge in [-0.2, -0.15) is 0 Å². The van der Waals surface area contributed by atoms with E-state index in [0.717, 1.165) is 11.5 Å². The molecule has 0 aromatic carbocycles. The van der Waals surface area contributed by atoms with Gasteiger partial charge in [0.2, 0.25) is 5.88 Å². The molecule has 2 rings (SSSR count). The lowest BCUT2D eigenvalue weighted by Gasteiger charge is -2.03. The lowest BCUT2D eigenvalue weighted by atomic mass is 10.5. The van der Waals surface area contributed by atoms with Crippen molar-refractivity contribution in [1.82, 2.24) is 19.4 Å². The third-order valence-electron chi connectivity index (χ3n) is 1.86. The molecule has 0 saturated heterocycles. The predicted molar refractivity (Wildman–Crippen MR) is 59.1 cm³/mol. The van der Waals surface area contributed by atoms with Gasteiger partial charge in [-0.15, -0.1) is 10.2 Å². The summed E-state index contributed by atoms with van der Waals surface area (Å²) in [6, 6.07) is 2.87. The first-order valence-corrected chi connectivity index (χ1v) is 5.44. The molecule has 0 spiro atoms. The summed E-state index contributed by atoms with van der Waals surface area (Å²) in [4.78, 5) is 11.5. The van der Waals surface area contributed by atoms with Gasteiger partial charge in [-0.25, -0.2) is 4.68 Å². The van der Waals surface area contributed by atoms with Gasteiger partial charge in [-0.05, 0) is 0 Å². The number of hydrogen-bond acceptors (Lipinski definition) is 6. The van der Waals surface area contributed by atoms with Crippen molar-refractivity contribution in [2.45, 2.75) is 6.54 Å². The second-order valence-corrected chi connectivity index (χ2v) is 4.22. The molecule has 0 N–H and O–H groups in total. The minimum absolute atomic E-state index is 0.186. The third kappa shape index (κ3) is 2.20. The molecule has 6 nitrogen and oxygen atoms in total. The van der Waals surface area contributed by atoms with Crippen molar-refractivity contribution < 1.29 is 4.74 Å². The summed E-state index contributed by atoms with van der Waals surface area (Å²) in [5.74, 6) is 0.360. The number of nitrogens with zero attached hydrogens (tertiary/aromatic N) is 4. The molecular weight excluding hydrogens is 252 g/mol. The van der Waals surface area contributed by atoms with Gasteiger partial charge in [0.15, 0.2) is 0 Å². The van der Waals surface area contributed by atoms with Gasteiger partial charge in [-0.3, -0.25) is 4.79 Å². The van der Waals surface area contributed by atoms with Crippen LogP contribution < -0.4 is 10.3 Å². The van der Waals surface area contributed by atoms with Crippen LogP contribution in [0.15, 0.2) is 16.9 Å². The first-order chi connectivity index (χ1) is 7.70. The van der Waals surface area contributed by atoms with E-state index in [0.29, 0.717) is 15.9 Å². The maximum absolute atomic E-state index is 11.5. The Hall–Kier alpha value is -1.47. The molecule has 8 heteroatoms. The fourth-order valence-electron chi connectivity index (χ4n) is 1.09. The highest BCUT2D eigenvalue weighted by atomic mass is 35.5. The highest BCUT2D eigenvalue weighted by Crippen LogP contribution is 2.17. The van der Waals surface area contributed by atoms with Crippen LogP contribution in [-0.4, -0.2) is 26.5 Å². The zero-order valence-corrected chi connectivity index (χ0v) is 9.83. The van der Waals surface area contributed by atoms with Crippen molar-refractivity contribution in [3.05, 3.63) is 32.5 Å². The summed E-state index contributed by atoms with van der Waals surface area (Å²) in [5.41, 5.74) is 0.277. The Morgan fingerprint density at radius 2 is 2.38 bits per heavy atom. The minimum Gasteiger partial charge on any atom is -0.480 e. The lowest BCUT2D eigenvalue weighted by molar-refractivity contribution is 0.378. The van der Waals surface area contributed by atoms with Crippen molar-refractivity contribution in [2.24, 2.45) is 0 Å². The maximum atomic E-state index is 11.5. The fourth-order valence-corrected chi connectivity index (χ4v) is 1.70. The number of rotatable bonds is 3. The van der Waals surface area contributed by atoms with Crippen LogP contribution in [0, 0.1) is 0 Å². The van der Waals surface area contributed by atoms with Crippen LogP contribution in [0.2, 0.25) is 4.34 Å². The molecule has 0 saturated carbocycles. The number of hydrogen-bond donors (Lipinski definition) is 0. The van der Waals surface area contributed by atoms with E-state index in [4.69, 9.17) is 16.3 Å². The van der Waals surface area contributed by atoms with Crippen LogP contribution in [0.1, 0.15) is 5.69 Å². The van der Waals surface area contributed by atoms with E-state index in [1.54, 1.807) is 0 Å². The zero-order valence-electron chi connectivity index (χ0n) is 8.25. The average Bonchev–Trinajstić information content (AvgIpc) is 2.68. The van der Waals surface area contributed by atoms with E-state index in [2.05, 4.69) is 14.7 Å². The van der Waals surface area contributed by atoms with Gasteiger partial charge in [0.1, 0.15) is 10.0 Å². The number of ether oxygens (including phenoxy) is 1. The molecule has 0 atom stereocenters. The number of aromatic nitrogens is 4. The Kier molecular flexibility index (Phi) is 3.16. The summed E-state index contributed by atoms with van der Waals surface area (Å²) in [6.07, 6.45) is 0. The van der Waals surface area contributed by atoms with Crippen molar-refractivity contribution >= 4 is 23.1 Å². The summed E-state index contributed by atoms with van der Waals surface area (Å²) in [6.45, 7) is 0.186. The number of methoxy groups -OCH3 is 1. The molecule has 0 bridgehead atoms. The van der Waals surface area contributed by atoms with E-state index >= 15 is 0 Å². The summed E-state index contributed by atoms with van der Waals surface area (Å²) < 4.78 is 10.3. The van der Waals surface area contributed by atoms with E-state index in [1.165, 1.54) is 23.9 Å². The largest absolute Gasteiger partial charge is 0.480 e.